The van der Waals surface area contributed by atoms with Crippen molar-refractivity contribution in [3.63, 3.8) is 0 Å². The number of oxazole rings is 1. The SMILES string of the molecule is CC1CCC1C1CCC1c1nc2cc(COc3ccccc3CC(=O)O)cc(-c3ccnc(CN)c3)c2o1. The van der Waals surface area contributed by atoms with Crippen molar-refractivity contribution < 1.29 is 19.1 Å². The monoisotopic (exact) mass is 511 g/mol. The maximum Gasteiger partial charge on any atom is 0.307 e. The average Bonchev–Trinajstić information content (AvgIpc) is 3.31. The van der Waals surface area contributed by atoms with Gasteiger partial charge >= 0.3 is 5.97 Å². The van der Waals surface area contributed by atoms with Crippen LogP contribution >= 0.6 is 0 Å². The van der Waals surface area contributed by atoms with E-state index in [-0.39, 0.29) is 13.0 Å². The Morgan fingerprint density at radius 1 is 1.11 bits per heavy atom. The van der Waals surface area contributed by atoms with Gasteiger partial charge in [-0.2, -0.15) is 0 Å². The Hall–Kier alpha value is -3.71. The van der Waals surface area contributed by atoms with Gasteiger partial charge in [0.1, 0.15) is 17.9 Å². The van der Waals surface area contributed by atoms with Crippen LogP contribution in [0.3, 0.4) is 0 Å². The lowest BCUT2D eigenvalue weighted by Gasteiger charge is -2.48. The van der Waals surface area contributed by atoms with E-state index in [1.807, 2.05) is 30.3 Å². The summed E-state index contributed by atoms with van der Waals surface area (Å²) < 4.78 is 12.7. The molecule has 2 saturated carbocycles. The molecule has 0 aliphatic heterocycles. The van der Waals surface area contributed by atoms with E-state index < -0.39 is 5.97 Å². The molecular weight excluding hydrogens is 478 g/mol. The number of carboxylic acid groups (broad SMARTS) is 1. The fourth-order valence-electron chi connectivity index (χ4n) is 6.11. The van der Waals surface area contributed by atoms with Gasteiger partial charge in [0.15, 0.2) is 11.5 Å². The Labute approximate surface area is 222 Å². The third-order valence-electron chi connectivity index (χ3n) is 8.49. The van der Waals surface area contributed by atoms with Crippen molar-refractivity contribution in [1.29, 1.82) is 0 Å². The van der Waals surface area contributed by atoms with E-state index in [1.54, 1.807) is 18.3 Å². The van der Waals surface area contributed by atoms with Crippen molar-refractivity contribution in [2.24, 2.45) is 23.5 Å². The van der Waals surface area contributed by atoms with Crippen molar-refractivity contribution >= 4 is 17.1 Å². The highest BCUT2D eigenvalue weighted by Crippen LogP contribution is 2.54. The van der Waals surface area contributed by atoms with Crippen LogP contribution < -0.4 is 10.5 Å². The minimum absolute atomic E-state index is 0.0891. The van der Waals surface area contributed by atoms with E-state index in [4.69, 9.17) is 19.9 Å². The van der Waals surface area contributed by atoms with E-state index in [0.29, 0.717) is 29.7 Å². The number of nitrogens with two attached hydrogens (primary N) is 1. The first kappa shape index (κ1) is 24.6. The molecule has 2 aliphatic carbocycles. The average molecular weight is 512 g/mol. The molecule has 6 rings (SSSR count). The summed E-state index contributed by atoms with van der Waals surface area (Å²) >= 11 is 0. The first-order chi connectivity index (χ1) is 18.5. The Kier molecular flexibility index (Phi) is 6.62. The quantitative estimate of drug-likeness (QED) is 0.279. The van der Waals surface area contributed by atoms with Gasteiger partial charge in [0.2, 0.25) is 0 Å². The number of aliphatic carboxylic acids is 1. The largest absolute Gasteiger partial charge is 0.489 e. The third-order valence-corrected chi connectivity index (χ3v) is 8.49. The van der Waals surface area contributed by atoms with Gasteiger partial charge in [-0.15, -0.1) is 0 Å². The second kappa shape index (κ2) is 10.2. The Balaban J connectivity index is 1.35. The van der Waals surface area contributed by atoms with Crippen molar-refractivity contribution in [2.75, 3.05) is 0 Å². The summed E-state index contributed by atoms with van der Waals surface area (Å²) in [5, 5.41) is 9.27. The molecule has 7 heteroatoms. The van der Waals surface area contributed by atoms with Crippen LogP contribution in [0.4, 0.5) is 0 Å². The maximum absolute atomic E-state index is 11.3. The van der Waals surface area contributed by atoms with Crippen molar-refractivity contribution in [3.05, 3.63) is 77.4 Å². The Morgan fingerprint density at radius 3 is 2.66 bits per heavy atom. The van der Waals surface area contributed by atoms with E-state index in [2.05, 4.69) is 18.0 Å². The maximum atomic E-state index is 11.3. The molecule has 2 aromatic carbocycles. The standard InChI is InChI=1S/C31H33N3O4/c1-18-6-7-23(18)24-8-9-25(24)31-34-27-13-19(17-37-28-5-3-2-4-21(28)15-29(35)36)12-26(30(27)38-31)20-10-11-33-22(14-20)16-32/h2-5,10-14,18,23-25H,6-9,15-17,32H2,1H3,(H,35,36). The van der Waals surface area contributed by atoms with Gasteiger partial charge in [-0.25, -0.2) is 4.98 Å². The number of hydrogen-bond donors (Lipinski definition) is 2. The summed E-state index contributed by atoms with van der Waals surface area (Å²) in [7, 11) is 0. The third kappa shape index (κ3) is 4.67. The molecule has 196 valence electrons. The number of nitrogens with zero attached hydrogens (tertiary/aromatic N) is 2. The van der Waals surface area contributed by atoms with Crippen LogP contribution in [-0.4, -0.2) is 21.0 Å². The van der Waals surface area contributed by atoms with Gasteiger partial charge < -0.3 is 20.0 Å². The number of para-hydroxylation sites is 1. The molecular formula is C31H33N3O4. The van der Waals surface area contributed by atoms with Gasteiger partial charge in [0.25, 0.3) is 0 Å². The molecule has 2 heterocycles. The fraction of sp³-hybridized carbons (Fsp3) is 0.387. The molecule has 0 radical (unpaired) electrons. The number of rotatable bonds is 9. The predicted molar refractivity (Wildman–Crippen MR) is 145 cm³/mol. The summed E-state index contributed by atoms with van der Waals surface area (Å²) in [6, 6.07) is 15.3. The molecule has 2 aliphatic rings. The number of carbonyl (C=O) groups is 1. The van der Waals surface area contributed by atoms with E-state index in [0.717, 1.165) is 57.6 Å². The molecule has 4 atom stereocenters. The highest BCUT2D eigenvalue weighted by Gasteiger charge is 2.45. The van der Waals surface area contributed by atoms with Crippen LogP contribution in [0.25, 0.3) is 22.2 Å². The molecule has 4 aromatic rings. The number of ether oxygens (including phenoxy) is 1. The zero-order chi connectivity index (χ0) is 26.2. The normalized spacial score (nSPS) is 22.6. The molecule has 0 amide bonds. The van der Waals surface area contributed by atoms with Crippen LogP contribution in [0.15, 0.2) is 59.1 Å². The number of fused-ring (bicyclic) bond motifs is 1. The summed E-state index contributed by atoms with van der Waals surface area (Å²) in [6.45, 7) is 3.00. The van der Waals surface area contributed by atoms with Crippen LogP contribution in [-0.2, 0) is 24.4 Å². The lowest BCUT2D eigenvalue weighted by molar-refractivity contribution is -0.136. The zero-order valence-corrected chi connectivity index (χ0v) is 21.6. The van der Waals surface area contributed by atoms with Crippen molar-refractivity contribution in [2.45, 2.75) is 58.1 Å². The molecule has 7 nitrogen and oxygen atoms in total. The van der Waals surface area contributed by atoms with Crippen LogP contribution in [0.5, 0.6) is 5.75 Å². The smallest absolute Gasteiger partial charge is 0.307 e. The molecule has 2 aromatic heterocycles. The highest BCUT2D eigenvalue weighted by molar-refractivity contribution is 5.91. The summed E-state index contributed by atoms with van der Waals surface area (Å²) in [6.07, 6.45) is 6.71. The Morgan fingerprint density at radius 2 is 1.95 bits per heavy atom. The molecule has 4 unspecified atom stereocenters. The van der Waals surface area contributed by atoms with Gasteiger partial charge in [-0.1, -0.05) is 31.5 Å². The second-order valence-electron chi connectivity index (χ2n) is 10.8. The van der Waals surface area contributed by atoms with Crippen molar-refractivity contribution in [3.8, 4) is 16.9 Å². The number of pyridine rings is 1. The van der Waals surface area contributed by atoms with E-state index in [9.17, 15) is 9.90 Å². The fourth-order valence-corrected chi connectivity index (χ4v) is 6.11. The minimum Gasteiger partial charge on any atom is -0.489 e. The van der Waals surface area contributed by atoms with E-state index in [1.165, 1.54) is 19.3 Å². The van der Waals surface area contributed by atoms with E-state index >= 15 is 0 Å². The highest BCUT2D eigenvalue weighted by atomic mass is 16.5. The number of carboxylic acids is 1. The van der Waals surface area contributed by atoms with Crippen LogP contribution in [0.2, 0.25) is 0 Å². The molecule has 0 bridgehead atoms. The Bertz CT molecular complexity index is 1480. The summed E-state index contributed by atoms with van der Waals surface area (Å²) in [4.78, 5) is 20.7. The number of hydrogen-bond acceptors (Lipinski definition) is 6. The first-order valence-corrected chi connectivity index (χ1v) is 13.5. The van der Waals surface area contributed by atoms with Gasteiger partial charge in [-0.3, -0.25) is 9.78 Å². The van der Waals surface area contributed by atoms with Crippen LogP contribution in [0.1, 0.15) is 61.2 Å². The van der Waals surface area contributed by atoms with Gasteiger partial charge in [-0.05, 0) is 78.5 Å². The molecule has 2 fully saturated rings. The van der Waals surface area contributed by atoms with Crippen LogP contribution in [0, 0.1) is 17.8 Å². The zero-order valence-electron chi connectivity index (χ0n) is 21.6. The van der Waals surface area contributed by atoms with Crippen molar-refractivity contribution in [1.82, 2.24) is 9.97 Å². The van der Waals surface area contributed by atoms with Gasteiger partial charge in [0.05, 0.1) is 12.1 Å². The van der Waals surface area contributed by atoms with Gasteiger partial charge in [0, 0.05) is 29.8 Å². The molecule has 0 spiro atoms. The first-order valence-electron chi connectivity index (χ1n) is 13.5. The number of benzene rings is 2. The lowest BCUT2D eigenvalue weighted by atomic mass is 9.57. The lowest BCUT2D eigenvalue weighted by Crippen LogP contribution is -2.39. The summed E-state index contributed by atoms with van der Waals surface area (Å²) in [5.41, 5.74) is 11.8. The summed E-state index contributed by atoms with van der Waals surface area (Å²) in [5.74, 6) is 3.13. The number of aromatic nitrogens is 2. The molecule has 38 heavy (non-hydrogen) atoms. The topological polar surface area (TPSA) is 111 Å². The second-order valence-corrected chi connectivity index (χ2v) is 10.8. The minimum atomic E-state index is -0.890. The predicted octanol–water partition coefficient (Wildman–Crippen LogP) is 6.09. The molecule has 3 N–H and O–H groups in total. The molecule has 0 saturated heterocycles.